The average Bonchev–Trinajstić information content (AvgIpc) is 3.14. The molecule has 33 heavy (non-hydrogen) atoms. The molecule has 2 aromatic carbocycles. The van der Waals surface area contributed by atoms with Crippen LogP contribution in [-0.2, 0) is 9.53 Å². The Bertz CT molecular complexity index is 1210. The van der Waals surface area contributed by atoms with Crippen LogP contribution in [-0.4, -0.2) is 37.0 Å². The summed E-state index contributed by atoms with van der Waals surface area (Å²) in [6.45, 7) is 0. The van der Waals surface area contributed by atoms with E-state index in [9.17, 15) is 14.4 Å². The molecule has 1 aromatic heterocycles. The highest BCUT2D eigenvalue weighted by molar-refractivity contribution is 6.04. The molecule has 0 spiro atoms. The molecule has 0 saturated carbocycles. The van der Waals surface area contributed by atoms with Crippen LogP contribution < -0.4 is 20.1 Å². The van der Waals surface area contributed by atoms with Gasteiger partial charge >= 0.3 is 5.97 Å². The number of hydrogen-bond acceptors (Lipinski definition) is 7. The van der Waals surface area contributed by atoms with Gasteiger partial charge < -0.3 is 24.8 Å². The third kappa shape index (κ3) is 4.62. The van der Waals surface area contributed by atoms with E-state index in [0.29, 0.717) is 28.3 Å². The molecule has 0 fully saturated rings. The first-order valence-corrected chi connectivity index (χ1v) is 10.1. The first-order valence-electron chi connectivity index (χ1n) is 10.1. The van der Waals surface area contributed by atoms with Crippen LogP contribution in [0, 0.1) is 0 Å². The number of nitrogens with zero attached hydrogens (tertiary/aromatic N) is 1. The van der Waals surface area contributed by atoms with Gasteiger partial charge in [0.25, 0.3) is 5.91 Å². The van der Waals surface area contributed by atoms with Crippen LogP contribution in [0.15, 0.2) is 60.9 Å². The summed E-state index contributed by atoms with van der Waals surface area (Å²) in [5.41, 5.74) is 2.23. The fourth-order valence-corrected chi connectivity index (χ4v) is 3.58. The normalized spacial score (nSPS) is 14.1. The van der Waals surface area contributed by atoms with E-state index >= 15 is 0 Å². The zero-order valence-electron chi connectivity index (χ0n) is 18.0. The molecule has 2 heterocycles. The van der Waals surface area contributed by atoms with E-state index in [0.717, 1.165) is 0 Å². The van der Waals surface area contributed by atoms with E-state index in [2.05, 4.69) is 15.6 Å². The smallest absolute Gasteiger partial charge is 0.343 e. The summed E-state index contributed by atoms with van der Waals surface area (Å²) in [5, 5.41) is 5.53. The van der Waals surface area contributed by atoms with Gasteiger partial charge in [0.1, 0.15) is 11.7 Å². The van der Waals surface area contributed by atoms with Gasteiger partial charge in [-0.2, -0.15) is 0 Å². The summed E-state index contributed by atoms with van der Waals surface area (Å²) in [4.78, 5) is 41.3. The molecule has 3 aromatic rings. The summed E-state index contributed by atoms with van der Waals surface area (Å²) in [6, 6.07) is 13.4. The Morgan fingerprint density at radius 3 is 2.52 bits per heavy atom. The van der Waals surface area contributed by atoms with E-state index in [4.69, 9.17) is 14.2 Å². The number of carbonyl (C=O) groups excluding carboxylic acids is 3. The number of rotatable bonds is 7. The number of ether oxygens (including phenoxy) is 3. The highest BCUT2D eigenvalue weighted by atomic mass is 16.6. The van der Waals surface area contributed by atoms with E-state index in [1.165, 1.54) is 20.4 Å². The SMILES string of the molecule is COc1ccc2c(c1OC)C(=O)O[C@@H]2CC(=O)Nc1cccc(NC(=O)c2cccnc2)c1. The average molecular weight is 447 g/mol. The monoisotopic (exact) mass is 447 g/mol. The molecule has 1 aliphatic rings. The van der Waals surface area contributed by atoms with E-state index in [1.807, 2.05) is 0 Å². The highest BCUT2D eigenvalue weighted by Gasteiger charge is 2.36. The van der Waals surface area contributed by atoms with E-state index in [-0.39, 0.29) is 29.5 Å². The molecule has 2 amide bonds. The lowest BCUT2D eigenvalue weighted by atomic mass is 10.0. The molecule has 4 rings (SSSR count). The topological polar surface area (TPSA) is 116 Å². The van der Waals surface area contributed by atoms with Gasteiger partial charge in [-0.3, -0.25) is 14.6 Å². The fourth-order valence-electron chi connectivity index (χ4n) is 3.58. The van der Waals surface area contributed by atoms with Crippen molar-refractivity contribution >= 4 is 29.2 Å². The molecule has 0 bridgehead atoms. The predicted octanol–water partition coefficient (Wildman–Crippen LogP) is 3.59. The van der Waals surface area contributed by atoms with Gasteiger partial charge in [-0.25, -0.2) is 4.79 Å². The predicted molar refractivity (Wildman–Crippen MR) is 120 cm³/mol. The number of nitrogens with one attached hydrogen (secondary N) is 2. The van der Waals surface area contributed by atoms with Crippen LogP contribution in [0.1, 0.15) is 38.8 Å². The number of benzene rings is 2. The molecule has 0 unspecified atom stereocenters. The second-order valence-corrected chi connectivity index (χ2v) is 7.19. The van der Waals surface area contributed by atoms with Crippen molar-refractivity contribution in [1.82, 2.24) is 4.98 Å². The van der Waals surface area contributed by atoms with Crippen molar-refractivity contribution in [3.05, 3.63) is 77.6 Å². The fraction of sp³-hybridized carbons (Fsp3) is 0.167. The van der Waals surface area contributed by atoms with Gasteiger partial charge in [-0.05, 0) is 36.4 Å². The lowest BCUT2D eigenvalue weighted by Gasteiger charge is -2.13. The quantitative estimate of drug-likeness (QED) is 0.532. The minimum absolute atomic E-state index is 0.0828. The van der Waals surface area contributed by atoms with Crippen molar-refractivity contribution in [2.75, 3.05) is 24.9 Å². The summed E-state index contributed by atoms with van der Waals surface area (Å²) < 4.78 is 15.9. The van der Waals surface area contributed by atoms with Crippen molar-refractivity contribution in [2.45, 2.75) is 12.5 Å². The van der Waals surface area contributed by atoms with Crippen LogP contribution in [0.2, 0.25) is 0 Å². The van der Waals surface area contributed by atoms with Gasteiger partial charge in [-0.15, -0.1) is 0 Å². The minimum Gasteiger partial charge on any atom is -0.493 e. The molecule has 0 radical (unpaired) electrons. The van der Waals surface area contributed by atoms with Crippen molar-refractivity contribution in [3.8, 4) is 11.5 Å². The van der Waals surface area contributed by atoms with Crippen molar-refractivity contribution in [3.63, 3.8) is 0 Å². The minimum atomic E-state index is -0.749. The van der Waals surface area contributed by atoms with Crippen molar-refractivity contribution in [2.24, 2.45) is 0 Å². The Morgan fingerprint density at radius 1 is 1.03 bits per heavy atom. The number of carbonyl (C=O) groups is 3. The summed E-state index contributed by atoms with van der Waals surface area (Å²) in [5.74, 6) is -0.557. The number of methoxy groups -OCH3 is 2. The second kappa shape index (κ2) is 9.39. The second-order valence-electron chi connectivity index (χ2n) is 7.19. The molecule has 168 valence electrons. The van der Waals surface area contributed by atoms with Gasteiger partial charge in [0.15, 0.2) is 11.5 Å². The summed E-state index contributed by atoms with van der Waals surface area (Å²) in [6.07, 6.45) is 2.22. The first-order chi connectivity index (χ1) is 16.0. The summed E-state index contributed by atoms with van der Waals surface area (Å²) in [7, 11) is 2.91. The zero-order valence-corrected chi connectivity index (χ0v) is 18.0. The number of pyridine rings is 1. The highest BCUT2D eigenvalue weighted by Crippen LogP contribution is 2.43. The lowest BCUT2D eigenvalue weighted by Crippen LogP contribution is -2.16. The van der Waals surface area contributed by atoms with Crippen molar-refractivity contribution < 1.29 is 28.6 Å². The molecular formula is C24H21N3O6. The van der Waals surface area contributed by atoms with Crippen LogP contribution in [0.3, 0.4) is 0 Å². The molecule has 1 aliphatic heterocycles. The maximum atomic E-state index is 12.7. The molecule has 1 atom stereocenters. The van der Waals surface area contributed by atoms with Crippen LogP contribution in [0.5, 0.6) is 11.5 Å². The first kappa shape index (κ1) is 21.8. The third-order valence-electron chi connectivity index (χ3n) is 5.08. The van der Waals surface area contributed by atoms with Gasteiger partial charge in [0.05, 0.1) is 26.2 Å². The molecule has 2 N–H and O–H groups in total. The Kier molecular flexibility index (Phi) is 6.21. The number of hydrogen-bond donors (Lipinski definition) is 2. The van der Waals surface area contributed by atoms with Crippen LogP contribution in [0.25, 0.3) is 0 Å². The Morgan fingerprint density at radius 2 is 1.82 bits per heavy atom. The van der Waals surface area contributed by atoms with Gasteiger partial charge in [-0.1, -0.05) is 12.1 Å². The molecular weight excluding hydrogens is 426 g/mol. The summed E-state index contributed by atoms with van der Waals surface area (Å²) >= 11 is 0. The van der Waals surface area contributed by atoms with Crippen LogP contribution in [0.4, 0.5) is 11.4 Å². The van der Waals surface area contributed by atoms with Crippen LogP contribution >= 0.6 is 0 Å². The number of anilines is 2. The number of cyclic esters (lactones) is 1. The van der Waals surface area contributed by atoms with E-state index in [1.54, 1.807) is 54.7 Å². The molecule has 9 heteroatoms. The van der Waals surface area contributed by atoms with E-state index < -0.39 is 12.1 Å². The molecule has 9 nitrogen and oxygen atoms in total. The zero-order chi connectivity index (χ0) is 23.4. The standard InChI is InChI=1S/C24H21N3O6/c1-31-18-9-8-17-19(33-24(30)21(17)22(18)32-2)12-20(28)26-15-6-3-7-16(11-15)27-23(29)14-5-4-10-25-13-14/h3-11,13,19H,12H2,1-2H3,(H,26,28)(H,27,29)/t19-/m1/s1. The lowest BCUT2D eigenvalue weighted by molar-refractivity contribution is -0.118. The largest absolute Gasteiger partial charge is 0.493 e. The maximum absolute atomic E-state index is 12.7. The van der Waals surface area contributed by atoms with Gasteiger partial charge in [0.2, 0.25) is 5.91 Å². The maximum Gasteiger partial charge on any atom is 0.343 e. The number of aromatic nitrogens is 1. The Balaban J connectivity index is 1.44. The van der Waals surface area contributed by atoms with Gasteiger partial charge in [0, 0.05) is 29.3 Å². The Labute approximate surface area is 189 Å². The van der Waals surface area contributed by atoms with Crippen molar-refractivity contribution in [1.29, 1.82) is 0 Å². The Hall–Kier alpha value is -4.40. The third-order valence-corrected chi connectivity index (χ3v) is 5.08. The molecule has 0 saturated heterocycles. The molecule has 0 aliphatic carbocycles. The number of esters is 1. The number of fused-ring (bicyclic) bond motifs is 1. The number of amides is 2.